The number of fused-ring (bicyclic) bond motifs is 3. The van der Waals surface area contributed by atoms with Crippen molar-refractivity contribution >= 4 is 11.9 Å². The first kappa shape index (κ1) is 20.8. The van der Waals surface area contributed by atoms with Crippen molar-refractivity contribution in [1.29, 1.82) is 0 Å². The van der Waals surface area contributed by atoms with Gasteiger partial charge in [0.1, 0.15) is 0 Å². The number of hydrazone groups is 1. The average Bonchev–Trinajstić information content (AvgIpc) is 3.19. The highest BCUT2D eigenvalue weighted by Crippen LogP contribution is 2.46. The summed E-state index contributed by atoms with van der Waals surface area (Å²) in [5.41, 5.74) is 8.10. The minimum Gasteiger partial charge on any atom is -0.372 e. The van der Waals surface area contributed by atoms with Gasteiger partial charge in [0, 0.05) is 45.0 Å². The van der Waals surface area contributed by atoms with Crippen molar-refractivity contribution < 1.29 is 0 Å². The molecule has 1 heterocycles. The molecule has 1 fully saturated rings. The third-order valence-electron chi connectivity index (χ3n) is 6.85. The van der Waals surface area contributed by atoms with Crippen molar-refractivity contribution in [1.82, 2.24) is 9.91 Å². The van der Waals surface area contributed by atoms with Crippen LogP contribution in [0.25, 0.3) is 11.1 Å². The van der Waals surface area contributed by atoms with Gasteiger partial charge in [0.2, 0.25) is 0 Å². The Kier molecular flexibility index (Phi) is 5.95. The summed E-state index contributed by atoms with van der Waals surface area (Å²) >= 11 is 0. The fourth-order valence-corrected chi connectivity index (χ4v) is 5.12. The number of benzene rings is 3. The number of hydrogen-bond donors (Lipinski definition) is 0. The van der Waals surface area contributed by atoms with E-state index in [1.807, 2.05) is 6.21 Å². The number of anilines is 1. The SMILES string of the molecule is CCN(CC)c1ccc(C=NN2CCN(C3c4ccccc4-c4ccccc43)CC2)cc1. The second kappa shape index (κ2) is 9.17. The Morgan fingerprint density at radius 3 is 1.91 bits per heavy atom. The van der Waals surface area contributed by atoms with Crippen LogP contribution in [0.15, 0.2) is 77.9 Å². The summed E-state index contributed by atoms with van der Waals surface area (Å²) in [4.78, 5) is 4.98. The molecule has 1 saturated heterocycles. The van der Waals surface area contributed by atoms with Crippen molar-refractivity contribution in [2.24, 2.45) is 5.10 Å². The summed E-state index contributed by atoms with van der Waals surface area (Å²) in [6.07, 6.45) is 2.00. The quantitative estimate of drug-likeness (QED) is 0.504. The zero-order chi connectivity index (χ0) is 21.9. The number of hydrogen-bond acceptors (Lipinski definition) is 4. The van der Waals surface area contributed by atoms with E-state index in [1.54, 1.807) is 0 Å². The fraction of sp³-hybridized carbons (Fsp3) is 0.321. The molecule has 0 saturated carbocycles. The van der Waals surface area contributed by atoms with E-state index in [4.69, 9.17) is 5.10 Å². The summed E-state index contributed by atoms with van der Waals surface area (Å²) in [6, 6.07) is 26.9. The maximum atomic E-state index is 4.79. The largest absolute Gasteiger partial charge is 0.372 e. The van der Waals surface area contributed by atoms with Crippen LogP contribution in [-0.2, 0) is 0 Å². The third kappa shape index (κ3) is 3.91. The van der Waals surface area contributed by atoms with E-state index in [1.165, 1.54) is 27.9 Å². The first-order valence-electron chi connectivity index (χ1n) is 11.8. The van der Waals surface area contributed by atoms with Crippen LogP contribution in [-0.4, -0.2) is 55.4 Å². The highest BCUT2D eigenvalue weighted by Gasteiger charge is 2.33. The van der Waals surface area contributed by atoms with Crippen LogP contribution in [0, 0.1) is 0 Å². The molecular weight excluding hydrogens is 392 g/mol. The van der Waals surface area contributed by atoms with Crippen molar-refractivity contribution in [3.05, 3.63) is 89.5 Å². The van der Waals surface area contributed by atoms with Crippen LogP contribution >= 0.6 is 0 Å². The van der Waals surface area contributed by atoms with E-state index < -0.39 is 0 Å². The smallest absolute Gasteiger partial charge is 0.0615 e. The molecular formula is C28H32N4. The minimum absolute atomic E-state index is 0.362. The predicted molar refractivity (Wildman–Crippen MR) is 134 cm³/mol. The molecule has 3 aromatic carbocycles. The maximum Gasteiger partial charge on any atom is 0.0615 e. The van der Waals surface area contributed by atoms with Gasteiger partial charge in [-0.3, -0.25) is 9.91 Å². The van der Waals surface area contributed by atoms with Gasteiger partial charge in [0.15, 0.2) is 0 Å². The zero-order valence-electron chi connectivity index (χ0n) is 19.1. The molecule has 3 aromatic rings. The Balaban J connectivity index is 1.24. The van der Waals surface area contributed by atoms with Gasteiger partial charge in [0.05, 0.1) is 12.3 Å². The molecule has 32 heavy (non-hydrogen) atoms. The van der Waals surface area contributed by atoms with E-state index in [2.05, 4.69) is 101 Å². The fourth-order valence-electron chi connectivity index (χ4n) is 5.12. The molecule has 0 radical (unpaired) electrons. The molecule has 0 spiro atoms. The highest BCUT2D eigenvalue weighted by atomic mass is 15.5. The topological polar surface area (TPSA) is 22.1 Å². The molecule has 1 aliphatic heterocycles. The predicted octanol–water partition coefficient (Wildman–Crippen LogP) is 5.25. The van der Waals surface area contributed by atoms with Crippen molar-refractivity contribution in [2.75, 3.05) is 44.2 Å². The summed E-state index contributed by atoms with van der Waals surface area (Å²) in [7, 11) is 0. The molecule has 0 amide bonds. The lowest BCUT2D eigenvalue weighted by Crippen LogP contribution is -2.45. The molecule has 4 nitrogen and oxygen atoms in total. The lowest BCUT2D eigenvalue weighted by atomic mass is 10.0. The molecule has 0 atom stereocenters. The second-order valence-corrected chi connectivity index (χ2v) is 8.58. The molecule has 0 aromatic heterocycles. The van der Waals surface area contributed by atoms with Crippen molar-refractivity contribution in [2.45, 2.75) is 19.9 Å². The number of rotatable bonds is 6. The van der Waals surface area contributed by atoms with Crippen LogP contribution in [0.1, 0.15) is 36.6 Å². The molecule has 1 aliphatic carbocycles. The van der Waals surface area contributed by atoms with Crippen molar-refractivity contribution in [3.8, 4) is 11.1 Å². The lowest BCUT2D eigenvalue weighted by Gasteiger charge is -2.37. The third-order valence-corrected chi connectivity index (χ3v) is 6.85. The van der Waals surface area contributed by atoms with E-state index in [0.29, 0.717) is 6.04 Å². The van der Waals surface area contributed by atoms with E-state index in [9.17, 15) is 0 Å². The minimum atomic E-state index is 0.362. The maximum absolute atomic E-state index is 4.79. The highest BCUT2D eigenvalue weighted by molar-refractivity contribution is 5.80. The Morgan fingerprint density at radius 1 is 0.781 bits per heavy atom. The molecule has 0 unspecified atom stereocenters. The van der Waals surface area contributed by atoms with Gasteiger partial charge in [0.25, 0.3) is 0 Å². The van der Waals surface area contributed by atoms with Crippen LogP contribution in [0.2, 0.25) is 0 Å². The standard InChI is InChI=1S/C28H32N4/c1-3-30(4-2)23-15-13-22(14-16-23)21-29-32-19-17-31(18-20-32)28-26-11-7-5-9-24(26)25-10-6-8-12-27(25)28/h5-16,21,28H,3-4,17-20H2,1-2H3. The Morgan fingerprint density at radius 2 is 1.34 bits per heavy atom. The van der Waals surface area contributed by atoms with Crippen molar-refractivity contribution in [3.63, 3.8) is 0 Å². The summed E-state index contributed by atoms with van der Waals surface area (Å²) in [6.45, 7) is 10.4. The second-order valence-electron chi connectivity index (χ2n) is 8.58. The van der Waals surface area contributed by atoms with E-state index >= 15 is 0 Å². The molecule has 0 N–H and O–H groups in total. The zero-order valence-corrected chi connectivity index (χ0v) is 19.1. The van der Waals surface area contributed by atoms with Gasteiger partial charge < -0.3 is 4.90 Å². The Bertz CT molecular complexity index is 1030. The van der Waals surface area contributed by atoms with Crippen LogP contribution in [0.4, 0.5) is 5.69 Å². The van der Waals surface area contributed by atoms with Gasteiger partial charge >= 0.3 is 0 Å². The normalized spacial score (nSPS) is 16.4. The number of nitrogens with zero attached hydrogens (tertiary/aromatic N) is 4. The van der Waals surface area contributed by atoms with E-state index in [-0.39, 0.29) is 0 Å². The van der Waals surface area contributed by atoms with E-state index in [0.717, 1.165) is 44.8 Å². The monoisotopic (exact) mass is 424 g/mol. The first-order valence-corrected chi connectivity index (χ1v) is 11.8. The van der Waals surface area contributed by atoms with Gasteiger partial charge in [-0.2, -0.15) is 5.10 Å². The van der Waals surface area contributed by atoms with Crippen LogP contribution in [0.3, 0.4) is 0 Å². The van der Waals surface area contributed by atoms with Crippen LogP contribution in [0.5, 0.6) is 0 Å². The Hall–Kier alpha value is -3.11. The molecule has 5 rings (SSSR count). The first-order chi connectivity index (χ1) is 15.8. The average molecular weight is 425 g/mol. The molecule has 4 heteroatoms. The molecule has 2 aliphatic rings. The molecule has 0 bridgehead atoms. The van der Waals surface area contributed by atoms with Gasteiger partial charge in [-0.25, -0.2) is 0 Å². The summed E-state index contributed by atoms with van der Waals surface area (Å²) in [5.74, 6) is 0. The number of piperazine rings is 1. The van der Waals surface area contributed by atoms with Gasteiger partial charge in [-0.1, -0.05) is 60.7 Å². The Labute approximate surface area is 191 Å². The summed E-state index contributed by atoms with van der Waals surface area (Å²) in [5, 5.41) is 7.00. The lowest BCUT2D eigenvalue weighted by molar-refractivity contribution is 0.114. The van der Waals surface area contributed by atoms with Gasteiger partial charge in [-0.05, 0) is 53.8 Å². The summed E-state index contributed by atoms with van der Waals surface area (Å²) < 4.78 is 0. The molecule has 164 valence electrons. The van der Waals surface area contributed by atoms with Gasteiger partial charge in [-0.15, -0.1) is 0 Å². The van der Waals surface area contributed by atoms with Crippen LogP contribution < -0.4 is 4.90 Å².